The maximum Gasteiger partial charge on any atom is 0.527 e. The lowest BCUT2D eigenvalue weighted by atomic mass is 10.1. The number of aryl methyl sites for hydroxylation is 1. The molecule has 0 unspecified atom stereocenters. The number of Topliss-reactive ketones (excluding diaryl/α,β-unsaturated/α-hetero) is 1. The average molecular weight is 456 g/mol. The predicted molar refractivity (Wildman–Crippen MR) is 120 cm³/mol. The number of anilines is 1. The van der Waals surface area contributed by atoms with Crippen LogP contribution in [-0.4, -0.2) is 76.7 Å². The SMILES string of the molecule is CCOC(=O)ON1CCN(C(=O)c2c(NCC(=O)c3ccccc3)nc3n2CCCC3)CC1. The van der Waals surface area contributed by atoms with Gasteiger partial charge in [-0.2, -0.15) is 0 Å². The van der Waals surface area contributed by atoms with Crippen molar-refractivity contribution in [2.75, 3.05) is 44.6 Å². The molecule has 1 saturated heterocycles. The van der Waals surface area contributed by atoms with Crippen molar-refractivity contribution in [1.29, 1.82) is 0 Å². The molecule has 33 heavy (non-hydrogen) atoms. The molecule has 0 spiro atoms. The molecule has 0 radical (unpaired) electrons. The molecule has 10 heteroatoms. The number of hydrogen-bond donors (Lipinski definition) is 1. The number of fused-ring (bicyclic) bond motifs is 1. The van der Waals surface area contributed by atoms with Gasteiger partial charge in [-0.3, -0.25) is 9.59 Å². The highest BCUT2D eigenvalue weighted by Gasteiger charge is 2.31. The molecule has 0 aliphatic carbocycles. The van der Waals surface area contributed by atoms with Crippen LogP contribution in [0.25, 0.3) is 0 Å². The summed E-state index contributed by atoms with van der Waals surface area (Å²) in [6, 6.07) is 9.05. The minimum atomic E-state index is -0.739. The molecule has 0 atom stereocenters. The summed E-state index contributed by atoms with van der Waals surface area (Å²) in [6.07, 6.45) is 2.07. The van der Waals surface area contributed by atoms with Gasteiger partial charge >= 0.3 is 6.16 Å². The molecular weight excluding hydrogens is 426 g/mol. The molecule has 2 aromatic rings. The van der Waals surface area contributed by atoms with Crippen LogP contribution in [0.15, 0.2) is 30.3 Å². The van der Waals surface area contributed by atoms with E-state index in [1.807, 2.05) is 22.8 Å². The van der Waals surface area contributed by atoms with E-state index in [-0.39, 0.29) is 24.8 Å². The molecule has 1 fully saturated rings. The number of hydroxylamine groups is 2. The molecule has 2 aliphatic rings. The van der Waals surface area contributed by atoms with Crippen LogP contribution in [0.1, 0.15) is 46.4 Å². The largest absolute Gasteiger partial charge is 0.527 e. The second-order valence-electron chi connectivity index (χ2n) is 7.97. The Morgan fingerprint density at radius 2 is 1.79 bits per heavy atom. The molecule has 0 saturated carbocycles. The predicted octanol–water partition coefficient (Wildman–Crippen LogP) is 2.36. The first-order valence-corrected chi connectivity index (χ1v) is 11.4. The third-order valence-electron chi connectivity index (χ3n) is 5.79. The maximum atomic E-state index is 13.5. The van der Waals surface area contributed by atoms with E-state index in [0.29, 0.717) is 43.3 Å². The van der Waals surface area contributed by atoms with Gasteiger partial charge in [-0.15, -0.1) is 5.06 Å². The molecular formula is C23H29N5O5. The number of amides is 1. The number of ketones is 1. The van der Waals surface area contributed by atoms with Crippen LogP contribution >= 0.6 is 0 Å². The van der Waals surface area contributed by atoms with Gasteiger partial charge in [0.05, 0.1) is 26.2 Å². The quantitative estimate of drug-likeness (QED) is 0.501. The molecule has 1 N–H and O–H groups in total. The lowest BCUT2D eigenvalue weighted by Gasteiger charge is -2.33. The summed E-state index contributed by atoms with van der Waals surface area (Å²) in [6.45, 7) is 4.32. The van der Waals surface area contributed by atoms with Crippen LogP contribution < -0.4 is 5.32 Å². The molecule has 4 rings (SSSR count). The second kappa shape index (κ2) is 10.5. The Kier molecular flexibility index (Phi) is 7.23. The van der Waals surface area contributed by atoms with Crippen molar-refractivity contribution in [3.05, 3.63) is 47.4 Å². The van der Waals surface area contributed by atoms with Crippen LogP contribution in [0.5, 0.6) is 0 Å². The maximum absolute atomic E-state index is 13.5. The van der Waals surface area contributed by atoms with E-state index in [0.717, 1.165) is 31.6 Å². The lowest BCUT2D eigenvalue weighted by Crippen LogP contribution is -2.49. The fourth-order valence-corrected chi connectivity index (χ4v) is 4.10. The number of imidazole rings is 1. The monoisotopic (exact) mass is 455 g/mol. The molecule has 1 aromatic heterocycles. The van der Waals surface area contributed by atoms with E-state index in [1.165, 1.54) is 5.06 Å². The number of carbonyl (C=O) groups excluding carboxylic acids is 3. The van der Waals surface area contributed by atoms with E-state index < -0.39 is 6.16 Å². The normalized spacial score (nSPS) is 16.1. The summed E-state index contributed by atoms with van der Waals surface area (Å²) in [5.74, 6) is 1.11. The van der Waals surface area contributed by atoms with Crippen LogP contribution in [0.4, 0.5) is 10.6 Å². The van der Waals surface area contributed by atoms with E-state index in [9.17, 15) is 14.4 Å². The fraction of sp³-hybridized carbons (Fsp3) is 0.478. The first-order chi connectivity index (χ1) is 16.1. The highest BCUT2D eigenvalue weighted by Crippen LogP contribution is 2.25. The Morgan fingerprint density at radius 1 is 1.03 bits per heavy atom. The van der Waals surface area contributed by atoms with Gasteiger partial charge in [-0.05, 0) is 19.8 Å². The Balaban J connectivity index is 1.45. The zero-order chi connectivity index (χ0) is 23.2. The fourth-order valence-electron chi connectivity index (χ4n) is 4.10. The van der Waals surface area contributed by atoms with Gasteiger partial charge in [0.1, 0.15) is 5.82 Å². The minimum absolute atomic E-state index is 0.0574. The summed E-state index contributed by atoms with van der Waals surface area (Å²) in [4.78, 5) is 49.1. The number of rotatable bonds is 7. The zero-order valence-electron chi connectivity index (χ0n) is 18.8. The summed E-state index contributed by atoms with van der Waals surface area (Å²) < 4.78 is 6.78. The zero-order valence-corrected chi connectivity index (χ0v) is 18.8. The summed E-state index contributed by atoms with van der Waals surface area (Å²) in [7, 11) is 0. The van der Waals surface area contributed by atoms with Crippen LogP contribution in [-0.2, 0) is 22.5 Å². The Hall–Kier alpha value is -3.40. The third kappa shape index (κ3) is 5.33. The van der Waals surface area contributed by atoms with Crippen molar-refractivity contribution in [2.45, 2.75) is 32.7 Å². The van der Waals surface area contributed by atoms with Crippen molar-refractivity contribution >= 4 is 23.7 Å². The summed E-state index contributed by atoms with van der Waals surface area (Å²) >= 11 is 0. The summed E-state index contributed by atoms with van der Waals surface area (Å²) in [5, 5.41) is 4.62. The van der Waals surface area contributed by atoms with Crippen molar-refractivity contribution in [3.63, 3.8) is 0 Å². The van der Waals surface area contributed by atoms with Crippen LogP contribution in [0, 0.1) is 0 Å². The van der Waals surface area contributed by atoms with Gasteiger partial charge in [0, 0.05) is 31.6 Å². The van der Waals surface area contributed by atoms with E-state index in [1.54, 1.807) is 24.0 Å². The molecule has 176 valence electrons. The smallest absolute Gasteiger partial charge is 0.433 e. The standard InChI is InChI=1S/C23H29N5O5/c1-2-32-23(31)33-27-14-12-26(13-15-27)22(30)20-21(25-19-10-6-7-11-28(19)20)24-16-18(29)17-8-4-3-5-9-17/h3-5,8-9,24H,2,6-7,10-16H2,1H3. The minimum Gasteiger partial charge on any atom is -0.433 e. The number of piperazine rings is 1. The highest BCUT2D eigenvalue weighted by molar-refractivity contribution is 6.01. The van der Waals surface area contributed by atoms with Crippen molar-refractivity contribution in [2.24, 2.45) is 0 Å². The Labute approximate surface area is 192 Å². The Bertz CT molecular complexity index is 998. The number of nitrogens with one attached hydrogen (secondary N) is 1. The number of ether oxygens (including phenoxy) is 1. The van der Waals surface area contributed by atoms with E-state index >= 15 is 0 Å². The molecule has 0 bridgehead atoms. The number of carbonyl (C=O) groups is 3. The molecule has 10 nitrogen and oxygen atoms in total. The number of nitrogens with zero attached hydrogens (tertiary/aromatic N) is 4. The third-order valence-corrected chi connectivity index (χ3v) is 5.79. The van der Waals surface area contributed by atoms with Gasteiger partial charge in [0.25, 0.3) is 5.91 Å². The first kappa shape index (κ1) is 22.8. The second-order valence-corrected chi connectivity index (χ2v) is 7.97. The number of aromatic nitrogens is 2. The van der Waals surface area contributed by atoms with E-state index in [2.05, 4.69) is 10.3 Å². The molecule has 1 amide bonds. The summed E-state index contributed by atoms with van der Waals surface area (Å²) in [5.41, 5.74) is 1.10. The number of hydrogen-bond acceptors (Lipinski definition) is 8. The highest BCUT2D eigenvalue weighted by atomic mass is 16.8. The average Bonchev–Trinajstić information content (AvgIpc) is 3.21. The topological polar surface area (TPSA) is 106 Å². The molecule has 1 aromatic carbocycles. The van der Waals surface area contributed by atoms with Gasteiger partial charge in [-0.25, -0.2) is 9.78 Å². The molecule has 3 heterocycles. The molecule has 2 aliphatic heterocycles. The van der Waals surface area contributed by atoms with Crippen molar-refractivity contribution < 1.29 is 24.0 Å². The van der Waals surface area contributed by atoms with Crippen LogP contribution in [0.2, 0.25) is 0 Å². The number of benzene rings is 1. The van der Waals surface area contributed by atoms with Crippen molar-refractivity contribution in [3.8, 4) is 0 Å². The van der Waals surface area contributed by atoms with Crippen LogP contribution in [0.3, 0.4) is 0 Å². The van der Waals surface area contributed by atoms with Gasteiger partial charge in [-0.1, -0.05) is 30.3 Å². The van der Waals surface area contributed by atoms with Crippen molar-refractivity contribution in [1.82, 2.24) is 19.5 Å². The Morgan fingerprint density at radius 3 is 2.52 bits per heavy atom. The lowest BCUT2D eigenvalue weighted by molar-refractivity contribution is -0.142. The van der Waals surface area contributed by atoms with Gasteiger partial charge in [0.2, 0.25) is 0 Å². The van der Waals surface area contributed by atoms with Gasteiger partial charge < -0.3 is 24.4 Å². The van der Waals surface area contributed by atoms with E-state index in [4.69, 9.17) is 9.57 Å². The van der Waals surface area contributed by atoms with Gasteiger partial charge in [0.15, 0.2) is 17.3 Å². The first-order valence-electron chi connectivity index (χ1n) is 11.4.